The molecule has 0 saturated carbocycles. The van der Waals surface area contributed by atoms with Gasteiger partial charge in [0.2, 0.25) is 5.91 Å². The predicted molar refractivity (Wildman–Crippen MR) is 166 cm³/mol. The molecule has 2 aromatic heterocycles. The molecule has 1 atom stereocenters. The summed E-state index contributed by atoms with van der Waals surface area (Å²) in [4.78, 5) is 17.1. The van der Waals surface area contributed by atoms with Crippen molar-refractivity contribution < 1.29 is 19.6 Å². The highest BCUT2D eigenvalue weighted by Crippen LogP contribution is 2.33. The Balaban J connectivity index is 1.43. The molecule has 0 aliphatic carbocycles. The van der Waals surface area contributed by atoms with Crippen molar-refractivity contribution in [3.63, 3.8) is 0 Å². The number of nitrogens with two attached hydrogens (primary N) is 1. The van der Waals surface area contributed by atoms with Crippen molar-refractivity contribution in [3.8, 4) is 17.2 Å². The van der Waals surface area contributed by atoms with Crippen molar-refractivity contribution >= 4 is 16.8 Å². The van der Waals surface area contributed by atoms with Crippen LogP contribution < -0.4 is 20.1 Å². The van der Waals surface area contributed by atoms with Crippen molar-refractivity contribution in [2.24, 2.45) is 5.92 Å². The van der Waals surface area contributed by atoms with Gasteiger partial charge in [-0.1, -0.05) is 48.5 Å². The Labute approximate surface area is 251 Å². The maximum absolute atomic E-state index is 13.7. The highest BCUT2D eigenvalue weighted by molar-refractivity contribution is 5.83. The summed E-state index contributed by atoms with van der Waals surface area (Å²) in [6.07, 6.45) is 5.79. The minimum atomic E-state index is -0.414. The van der Waals surface area contributed by atoms with Crippen LogP contribution in [0.1, 0.15) is 41.7 Å². The summed E-state index contributed by atoms with van der Waals surface area (Å²) in [5.74, 6) is 2.86. The van der Waals surface area contributed by atoms with Crippen LogP contribution in [0, 0.1) is 5.92 Å². The zero-order valence-electron chi connectivity index (χ0n) is 24.8. The average molecular weight is 580 g/mol. The zero-order valence-corrected chi connectivity index (χ0v) is 24.8. The van der Waals surface area contributed by atoms with E-state index in [1.807, 2.05) is 54.7 Å². The van der Waals surface area contributed by atoms with Gasteiger partial charge in [0.25, 0.3) is 0 Å². The number of hydrogen-bond donors (Lipinski definition) is 3. The molecule has 3 heterocycles. The molecule has 0 radical (unpaired) electrons. The second-order valence-electron chi connectivity index (χ2n) is 11.1. The topological polar surface area (TPSA) is 111 Å². The van der Waals surface area contributed by atoms with Gasteiger partial charge in [-0.3, -0.25) is 9.36 Å². The summed E-state index contributed by atoms with van der Waals surface area (Å²) in [6, 6.07) is 23.9. The lowest BCUT2D eigenvalue weighted by atomic mass is 9.96. The van der Waals surface area contributed by atoms with Crippen LogP contribution in [-0.4, -0.2) is 53.0 Å². The number of nitrogens with one attached hydrogen (secondary N) is 2. The Bertz CT molecular complexity index is 1670. The molecule has 1 amide bonds. The fourth-order valence-corrected chi connectivity index (χ4v) is 6.06. The Hall–Kier alpha value is -4.63. The van der Waals surface area contributed by atoms with Crippen LogP contribution in [0.2, 0.25) is 0 Å². The molecule has 6 rings (SSSR count). The van der Waals surface area contributed by atoms with Crippen molar-refractivity contribution in [2.75, 3.05) is 27.3 Å². The van der Waals surface area contributed by atoms with E-state index < -0.39 is 6.04 Å². The smallest absolute Gasteiger partial charge is 0.224 e. The Kier molecular flexibility index (Phi) is 8.70. The predicted octanol–water partition coefficient (Wildman–Crippen LogP) is 3.92. The Morgan fingerprint density at radius 3 is 2.58 bits per heavy atom. The van der Waals surface area contributed by atoms with Gasteiger partial charge in [-0.15, -0.1) is 10.2 Å². The third-order valence-electron chi connectivity index (χ3n) is 8.40. The van der Waals surface area contributed by atoms with E-state index in [0.717, 1.165) is 60.3 Å². The lowest BCUT2D eigenvalue weighted by molar-refractivity contribution is -0.664. The van der Waals surface area contributed by atoms with Gasteiger partial charge in [-0.2, -0.15) is 0 Å². The largest absolute Gasteiger partial charge is 0.497 e. The van der Waals surface area contributed by atoms with Gasteiger partial charge in [0.05, 0.1) is 39.0 Å². The van der Waals surface area contributed by atoms with E-state index in [-0.39, 0.29) is 11.8 Å². The van der Waals surface area contributed by atoms with Gasteiger partial charge < -0.3 is 25.1 Å². The van der Waals surface area contributed by atoms with Crippen molar-refractivity contribution in [1.82, 2.24) is 25.1 Å². The number of carbonyl (C=O) groups excluding carboxylic acids is 1. The highest BCUT2D eigenvalue weighted by atomic mass is 16.5. The number of aromatic nitrogens is 4. The van der Waals surface area contributed by atoms with Crippen LogP contribution in [0.4, 0.5) is 0 Å². The van der Waals surface area contributed by atoms with E-state index >= 15 is 0 Å². The number of aryl methyl sites for hydroxylation is 2. The first-order chi connectivity index (χ1) is 21.1. The number of carbonyl (C=O) groups is 1. The normalized spacial score (nSPS) is 14.5. The number of hydrogen-bond acceptors (Lipinski definition) is 5. The molecular weight excluding hydrogens is 540 g/mol. The van der Waals surface area contributed by atoms with E-state index in [0.29, 0.717) is 30.2 Å². The van der Waals surface area contributed by atoms with Gasteiger partial charge >= 0.3 is 0 Å². The second-order valence-corrected chi connectivity index (χ2v) is 11.1. The summed E-state index contributed by atoms with van der Waals surface area (Å²) in [6.45, 7) is 1.93. The molecule has 1 aliphatic rings. The van der Waals surface area contributed by atoms with Crippen LogP contribution in [0.3, 0.4) is 0 Å². The Morgan fingerprint density at radius 1 is 1.00 bits per heavy atom. The molecular formula is C34H39N6O3+. The van der Waals surface area contributed by atoms with E-state index in [9.17, 15) is 4.79 Å². The molecule has 9 nitrogen and oxygen atoms in total. The van der Waals surface area contributed by atoms with E-state index in [4.69, 9.17) is 19.7 Å². The minimum absolute atomic E-state index is 0.0140. The molecule has 3 aromatic carbocycles. The molecule has 0 spiro atoms. The summed E-state index contributed by atoms with van der Waals surface area (Å²) >= 11 is 0. The second kappa shape index (κ2) is 13.1. The number of aromatic amines is 1. The van der Waals surface area contributed by atoms with E-state index in [1.165, 1.54) is 5.56 Å². The third-order valence-corrected chi connectivity index (χ3v) is 8.40. The quantitative estimate of drug-likeness (QED) is 0.220. The summed E-state index contributed by atoms with van der Waals surface area (Å²) in [5.41, 5.74) is 4.20. The lowest BCUT2D eigenvalue weighted by Gasteiger charge is -2.25. The first kappa shape index (κ1) is 28.5. The first-order valence-corrected chi connectivity index (χ1v) is 15.0. The maximum atomic E-state index is 13.7. The van der Waals surface area contributed by atoms with Gasteiger partial charge in [0, 0.05) is 54.8 Å². The number of H-pyrrole nitrogens is 1. The van der Waals surface area contributed by atoms with Crippen LogP contribution in [0.25, 0.3) is 16.6 Å². The standard InChI is InChI=1S/C34H38N6O3/c1-42-26-13-14-30(31(21-26)43-2)40-32(15-12-23-8-4-3-5-9-23)38-39-33(40)29(37-34(41)24-16-18-35-19-17-24)20-25-22-36-28-11-7-6-10-27(25)28/h3-11,13-14,21-22,24,29,35-36H,12,15-20H2,1-2H3,(H,37,41)/p+1. The molecule has 1 aliphatic heterocycles. The van der Waals surface area contributed by atoms with Gasteiger partial charge in [0.1, 0.15) is 17.3 Å². The fourth-order valence-electron chi connectivity index (χ4n) is 6.06. The maximum Gasteiger partial charge on any atom is 0.224 e. The number of piperidine rings is 1. The number of para-hydroxylation sites is 1. The fraction of sp³-hybridized carbons (Fsp3) is 0.324. The van der Waals surface area contributed by atoms with E-state index in [1.54, 1.807) is 14.2 Å². The summed E-state index contributed by atoms with van der Waals surface area (Å²) < 4.78 is 13.4. The number of quaternary nitrogens is 1. The number of rotatable bonds is 11. The number of benzene rings is 3. The molecule has 1 saturated heterocycles. The number of nitrogens with zero attached hydrogens (tertiary/aromatic N) is 3. The van der Waals surface area contributed by atoms with Gasteiger partial charge in [0.15, 0.2) is 5.82 Å². The van der Waals surface area contributed by atoms with Gasteiger partial charge in [-0.05, 0) is 35.7 Å². The minimum Gasteiger partial charge on any atom is -0.497 e. The monoisotopic (exact) mass is 579 g/mol. The zero-order chi connectivity index (χ0) is 29.6. The number of fused-ring (bicyclic) bond motifs is 1. The Morgan fingerprint density at radius 2 is 1.79 bits per heavy atom. The molecule has 43 heavy (non-hydrogen) atoms. The van der Waals surface area contributed by atoms with Crippen LogP contribution >= 0.6 is 0 Å². The molecule has 0 bridgehead atoms. The molecule has 5 aromatic rings. The lowest BCUT2D eigenvalue weighted by Crippen LogP contribution is -2.86. The van der Waals surface area contributed by atoms with E-state index in [2.05, 4.69) is 44.5 Å². The SMILES string of the molecule is COc1ccc(-n2c(CCc3ccccc3)nnc2C(Cc2c[nH]c3ccccc23)NC(=O)C2CC[NH2+]CC2)c(OC)c1. The average Bonchev–Trinajstić information content (AvgIpc) is 3.68. The molecule has 4 N–H and O–H groups in total. The molecule has 1 unspecified atom stereocenters. The molecule has 9 heteroatoms. The third kappa shape index (κ3) is 6.27. The van der Waals surface area contributed by atoms with Crippen LogP contribution in [0.15, 0.2) is 79.0 Å². The summed E-state index contributed by atoms with van der Waals surface area (Å²) in [7, 11) is 3.29. The molecule has 1 fully saturated rings. The summed E-state index contributed by atoms with van der Waals surface area (Å²) in [5, 5.41) is 16.3. The highest BCUT2D eigenvalue weighted by Gasteiger charge is 2.30. The number of amides is 1. The van der Waals surface area contributed by atoms with Crippen LogP contribution in [0.5, 0.6) is 11.5 Å². The first-order valence-electron chi connectivity index (χ1n) is 15.0. The molecule has 222 valence electrons. The number of ether oxygens (including phenoxy) is 2. The van der Waals surface area contributed by atoms with Crippen molar-refractivity contribution in [3.05, 3.63) is 102 Å². The number of methoxy groups -OCH3 is 2. The van der Waals surface area contributed by atoms with Crippen molar-refractivity contribution in [1.29, 1.82) is 0 Å². The van der Waals surface area contributed by atoms with Crippen molar-refractivity contribution in [2.45, 2.75) is 38.1 Å². The van der Waals surface area contributed by atoms with Gasteiger partial charge in [-0.25, -0.2) is 0 Å². The van der Waals surface area contributed by atoms with Crippen LogP contribution in [-0.2, 0) is 24.1 Å².